The number of hydrogen-bond acceptors (Lipinski definition) is 6. The van der Waals surface area contributed by atoms with E-state index in [0.717, 1.165) is 5.01 Å². The topological polar surface area (TPSA) is 97.3 Å². The lowest BCUT2D eigenvalue weighted by Crippen LogP contribution is -2.29. The van der Waals surface area contributed by atoms with Crippen LogP contribution in [-0.4, -0.2) is 42.7 Å². The molecule has 0 spiro atoms. The second-order valence-electron chi connectivity index (χ2n) is 6.54. The summed E-state index contributed by atoms with van der Waals surface area (Å²) in [6.07, 6.45) is 1.65. The van der Waals surface area contributed by atoms with Gasteiger partial charge in [-0.15, -0.1) is 0 Å². The fourth-order valence-electron chi connectivity index (χ4n) is 2.95. The molecule has 2 aromatic rings. The summed E-state index contributed by atoms with van der Waals surface area (Å²) >= 11 is 0. The van der Waals surface area contributed by atoms with Crippen molar-refractivity contribution < 1.29 is 23.9 Å². The van der Waals surface area contributed by atoms with E-state index >= 15 is 0 Å². The number of hydrogen-bond donors (Lipinski definition) is 1. The molecule has 0 aromatic heterocycles. The minimum Gasteiger partial charge on any atom is -0.493 e. The molecule has 1 aliphatic rings. The summed E-state index contributed by atoms with van der Waals surface area (Å²) in [5.74, 6) is -0.182. The fourth-order valence-corrected chi connectivity index (χ4v) is 2.95. The Balaban J connectivity index is 1.83. The highest BCUT2D eigenvalue weighted by Crippen LogP contribution is 2.29. The second kappa shape index (κ2) is 8.60. The number of carbonyl (C=O) groups is 3. The van der Waals surface area contributed by atoms with E-state index in [1.54, 1.807) is 50.4 Å². The Morgan fingerprint density at radius 1 is 1.03 bits per heavy atom. The first-order chi connectivity index (χ1) is 14.3. The van der Waals surface area contributed by atoms with E-state index in [9.17, 15) is 14.4 Å². The summed E-state index contributed by atoms with van der Waals surface area (Å²) in [6, 6.07) is 11.5. The number of anilines is 1. The zero-order valence-corrected chi connectivity index (χ0v) is 17.1. The Bertz CT molecular complexity index is 1070. The van der Waals surface area contributed by atoms with Crippen molar-refractivity contribution in [3.8, 4) is 11.5 Å². The van der Waals surface area contributed by atoms with Gasteiger partial charge in [0.2, 0.25) is 5.91 Å². The predicted molar refractivity (Wildman–Crippen MR) is 113 cm³/mol. The van der Waals surface area contributed by atoms with Crippen molar-refractivity contribution in [1.29, 1.82) is 0 Å². The average molecular weight is 407 g/mol. The number of nitrogens with zero attached hydrogens (tertiary/aromatic N) is 2. The molecule has 3 rings (SSSR count). The molecular formula is C22H21N3O5. The summed E-state index contributed by atoms with van der Waals surface area (Å²) in [4.78, 5) is 36.7. The molecular weight excluding hydrogens is 386 g/mol. The maximum atomic E-state index is 12.8. The molecule has 1 heterocycles. The largest absolute Gasteiger partial charge is 0.493 e. The second-order valence-corrected chi connectivity index (χ2v) is 6.54. The smallest absolute Gasteiger partial charge is 0.283 e. The Hall–Kier alpha value is -3.94. The van der Waals surface area contributed by atoms with E-state index in [-0.39, 0.29) is 11.5 Å². The van der Waals surface area contributed by atoms with E-state index in [4.69, 9.17) is 9.47 Å². The van der Waals surface area contributed by atoms with Crippen LogP contribution in [0.25, 0.3) is 6.08 Å². The van der Waals surface area contributed by atoms with Crippen LogP contribution in [0.3, 0.4) is 0 Å². The summed E-state index contributed by atoms with van der Waals surface area (Å²) in [5.41, 5.74) is 2.28. The summed E-state index contributed by atoms with van der Waals surface area (Å²) in [6.45, 7) is 3.06. The van der Waals surface area contributed by atoms with Gasteiger partial charge in [-0.05, 0) is 55.0 Å². The molecule has 1 aliphatic heterocycles. The van der Waals surface area contributed by atoms with E-state index in [1.807, 2.05) is 0 Å². The van der Waals surface area contributed by atoms with Gasteiger partial charge in [0, 0.05) is 18.2 Å². The van der Waals surface area contributed by atoms with Crippen LogP contribution in [0.4, 0.5) is 5.69 Å². The van der Waals surface area contributed by atoms with Crippen LogP contribution in [0.15, 0.2) is 53.1 Å². The normalized spacial score (nSPS) is 14.5. The lowest BCUT2D eigenvalue weighted by Gasteiger charge is -2.11. The molecule has 0 aliphatic carbocycles. The van der Waals surface area contributed by atoms with Gasteiger partial charge in [-0.25, -0.2) is 0 Å². The quantitative estimate of drug-likeness (QED) is 0.607. The monoisotopic (exact) mass is 407 g/mol. The van der Waals surface area contributed by atoms with Crippen molar-refractivity contribution in [2.75, 3.05) is 19.5 Å². The van der Waals surface area contributed by atoms with Crippen LogP contribution in [0, 0.1) is 0 Å². The SMILES string of the molecule is COc1ccc(/C=C2/C(=O)N(C(=O)c3ccc(NC(C)=O)cc3)N=C2C)cc1OC. The van der Waals surface area contributed by atoms with E-state index in [1.165, 1.54) is 26.2 Å². The van der Waals surface area contributed by atoms with Gasteiger partial charge in [0.05, 0.1) is 25.5 Å². The van der Waals surface area contributed by atoms with Crippen molar-refractivity contribution in [3.05, 3.63) is 59.2 Å². The Kier molecular flexibility index (Phi) is 5.96. The van der Waals surface area contributed by atoms with Crippen molar-refractivity contribution in [3.63, 3.8) is 0 Å². The molecule has 0 radical (unpaired) electrons. The molecule has 154 valence electrons. The minimum absolute atomic E-state index is 0.214. The number of ether oxygens (including phenoxy) is 2. The molecule has 2 aromatic carbocycles. The van der Waals surface area contributed by atoms with Gasteiger partial charge in [0.15, 0.2) is 11.5 Å². The van der Waals surface area contributed by atoms with Crippen LogP contribution in [0.2, 0.25) is 0 Å². The molecule has 0 atom stereocenters. The third-order valence-corrected chi connectivity index (χ3v) is 4.43. The van der Waals surface area contributed by atoms with Crippen molar-refractivity contribution in [2.45, 2.75) is 13.8 Å². The molecule has 0 bridgehead atoms. The number of nitrogens with one attached hydrogen (secondary N) is 1. The Morgan fingerprint density at radius 2 is 1.70 bits per heavy atom. The van der Waals surface area contributed by atoms with E-state index in [0.29, 0.717) is 34.0 Å². The zero-order chi connectivity index (χ0) is 21.8. The number of carbonyl (C=O) groups excluding carboxylic acids is 3. The first-order valence-corrected chi connectivity index (χ1v) is 9.09. The van der Waals surface area contributed by atoms with Gasteiger partial charge < -0.3 is 14.8 Å². The Labute approximate surface area is 173 Å². The third kappa shape index (κ3) is 4.22. The minimum atomic E-state index is -0.551. The van der Waals surface area contributed by atoms with Crippen LogP contribution in [0.5, 0.6) is 11.5 Å². The highest BCUT2D eigenvalue weighted by molar-refractivity contribution is 6.30. The maximum absolute atomic E-state index is 12.8. The lowest BCUT2D eigenvalue weighted by molar-refractivity contribution is -0.123. The van der Waals surface area contributed by atoms with Gasteiger partial charge >= 0.3 is 0 Å². The van der Waals surface area contributed by atoms with Crippen LogP contribution in [-0.2, 0) is 9.59 Å². The van der Waals surface area contributed by atoms with Crippen LogP contribution < -0.4 is 14.8 Å². The highest BCUT2D eigenvalue weighted by Gasteiger charge is 2.33. The number of hydrazone groups is 1. The standard InChI is InChI=1S/C22H21N3O5/c1-13-18(11-15-5-10-19(29-3)20(12-15)30-4)22(28)25(24-13)21(27)16-6-8-17(9-7-16)23-14(2)26/h5-12H,1-4H3,(H,23,26)/b18-11+. The van der Waals surface area contributed by atoms with Crippen LogP contribution >= 0.6 is 0 Å². The molecule has 8 nitrogen and oxygen atoms in total. The Morgan fingerprint density at radius 3 is 2.30 bits per heavy atom. The van der Waals surface area contributed by atoms with E-state index < -0.39 is 11.8 Å². The van der Waals surface area contributed by atoms with Gasteiger partial charge in [0.1, 0.15) is 0 Å². The predicted octanol–water partition coefficient (Wildman–Crippen LogP) is 3.10. The fraction of sp³-hybridized carbons (Fsp3) is 0.182. The molecule has 0 unspecified atom stereocenters. The average Bonchev–Trinajstić information content (AvgIpc) is 3.01. The summed E-state index contributed by atoms with van der Waals surface area (Å²) in [7, 11) is 3.07. The lowest BCUT2D eigenvalue weighted by atomic mass is 10.1. The van der Waals surface area contributed by atoms with Crippen molar-refractivity contribution in [2.24, 2.45) is 5.10 Å². The summed E-state index contributed by atoms with van der Waals surface area (Å²) in [5, 5.41) is 7.59. The van der Waals surface area contributed by atoms with Crippen molar-refractivity contribution >= 4 is 35.2 Å². The van der Waals surface area contributed by atoms with E-state index in [2.05, 4.69) is 10.4 Å². The molecule has 0 fully saturated rings. The van der Waals surface area contributed by atoms with Crippen LogP contribution in [0.1, 0.15) is 29.8 Å². The third-order valence-electron chi connectivity index (χ3n) is 4.43. The maximum Gasteiger partial charge on any atom is 0.283 e. The first kappa shape index (κ1) is 20.8. The summed E-state index contributed by atoms with van der Waals surface area (Å²) < 4.78 is 10.5. The number of rotatable bonds is 5. The number of imide groups is 1. The molecule has 0 saturated carbocycles. The van der Waals surface area contributed by atoms with Gasteiger partial charge in [-0.2, -0.15) is 10.1 Å². The molecule has 1 N–H and O–H groups in total. The molecule has 3 amide bonds. The molecule has 8 heteroatoms. The highest BCUT2D eigenvalue weighted by atomic mass is 16.5. The number of methoxy groups -OCH3 is 2. The zero-order valence-electron chi connectivity index (χ0n) is 17.1. The molecule has 0 saturated heterocycles. The molecule has 30 heavy (non-hydrogen) atoms. The number of benzene rings is 2. The number of amides is 3. The van der Waals surface area contributed by atoms with Crippen molar-refractivity contribution in [1.82, 2.24) is 5.01 Å². The first-order valence-electron chi connectivity index (χ1n) is 9.09. The van der Waals surface area contributed by atoms with Gasteiger partial charge in [-0.1, -0.05) is 6.07 Å². The van der Waals surface area contributed by atoms with Gasteiger partial charge in [-0.3, -0.25) is 14.4 Å². The van der Waals surface area contributed by atoms with Gasteiger partial charge in [0.25, 0.3) is 11.8 Å².